The molecule has 0 aromatic rings. The number of carbonyl (C=O) groups excluding carboxylic acids is 1. The lowest BCUT2D eigenvalue weighted by Crippen LogP contribution is -2.51. The summed E-state index contributed by atoms with van der Waals surface area (Å²) < 4.78 is 5.74. The summed E-state index contributed by atoms with van der Waals surface area (Å²) in [5.41, 5.74) is -0.0356. The molecular weight excluding hydrogens is 282 g/mol. The summed E-state index contributed by atoms with van der Waals surface area (Å²) in [6.07, 6.45) is 9.68. The van der Waals surface area contributed by atoms with E-state index in [-0.39, 0.29) is 5.97 Å². The number of aliphatic hydroxyl groups is 1. The predicted molar refractivity (Wildman–Crippen MR) is 84.4 cm³/mol. The highest BCUT2D eigenvalue weighted by Crippen LogP contribution is 2.34. The van der Waals surface area contributed by atoms with E-state index in [0.717, 1.165) is 44.2 Å². The van der Waals surface area contributed by atoms with Crippen LogP contribution in [0, 0.1) is 0 Å². The van der Waals surface area contributed by atoms with Crippen molar-refractivity contribution >= 4 is 11.7 Å². The Kier molecular flexibility index (Phi) is 6.68. The van der Waals surface area contributed by atoms with E-state index >= 15 is 0 Å². The molecule has 1 N–H and O–H groups in total. The molecule has 126 valence electrons. The standard InChI is InChI=1S/C17H29NO4/c1-2-3-12-17-13-14(18-22-16(17)20)10-8-6-4-5-7-9-11-15(19)21-17/h16,20H,2-13H2,1H3/t16-,17-/m0/s1. The smallest absolute Gasteiger partial charge is 0.306 e. The minimum atomic E-state index is -1.16. The highest BCUT2D eigenvalue weighted by atomic mass is 16.7. The first-order valence-corrected chi connectivity index (χ1v) is 8.78. The van der Waals surface area contributed by atoms with E-state index in [0.29, 0.717) is 19.3 Å². The Bertz CT molecular complexity index is 396. The van der Waals surface area contributed by atoms with Gasteiger partial charge in [-0.2, -0.15) is 0 Å². The van der Waals surface area contributed by atoms with Crippen LogP contribution >= 0.6 is 0 Å². The molecule has 2 atom stereocenters. The lowest BCUT2D eigenvalue weighted by molar-refractivity contribution is -0.238. The van der Waals surface area contributed by atoms with Crippen LogP contribution in [0.4, 0.5) is 0 Å². The van der Waals surface area contributed by atoms with Gasteiger partial charge in [-0.05, 0) is 32.1 Å². The number of aliphatic hydroxyl groups excluding tert-OH is 1. The number of fused-ring (bicyclic) bond motifs is 2. The number of nitrogens with zero attached hydrogens (tertiary/aromatic N) is 1. The summed E-state index contributed by atoms with van der Waals surface area (Å²) in [6.45, 7) is 2.09. The molecule has 2 bridgehead atoms. The predicted octanol–water partition coefficient (Wildman–Crippen LogP) is 3.69. The lowest BCUT2D eigenvalue weighted by atomic mass is 9.87. The molecule has 1 saturated heterocycles. The third-order valence-corrected chi connectivity index (χ3v) is 4.60. The molecule has 0 saturated carbocycles. The monoisotopic (exact) mass is 311 g/mol. The van der Waals surface area contributed by atoms with E-state index in [4.69, 9.17) is 9.57 Å². The molecule has 2 rings (SSSR count). The van der Waals surface area contributed by atoms with Crippen molar-refractivity contribution in [3.05, 3.63) is 0 Å². The summed E-state index contributed by atoms with van der Waals surface area (Å²) in [5, 5.41) is 14.3. The molecule has 2 aliphatic rings. The maximum atomic E-state index is 12.2. The topological polar surface area (TPSA) is 68.1 Å². The van der Waals surface area contributed by atoms with Crippen LogP contribution in [-0.4, -0.2) is 28.7 Å². The fraction of sp³-hybridized carbons (Fsp3) is 0.882. The number of ether oxygens (including phenoxy) is 1. The SMILES string of the molecule is CCCC[C@]12CC(=NO[C@@H]1O)CCCCCCCCC(=O)O2. The average Bonchev–Trinajstić information content (AvgIpc) is 2.51. The maximum Gasteiger partial charge on any atom is 0.306 e. The van der Waals surface area contributed by atoms with Crippen molar-refractivity contribution in [2.24, 2.45) is 5.16 Å². The Morgan fingerprint density at radius 2 is 1.86 bits per heavy atom. The molecule has 2 heterocycles. The van der Waals surface area contributed by atoms with Crippen molar-refractivity contribution in [1.29, 1.82) is 0 Å². The van der Waals surface area contributed by atoms with Crippen molar-refractivity contribution in [2.75, 3.05) is 0 Å². The van der Waals surface area contributed by atoms with E-state index in [1.807, 2.05) is 0 Å². The van der Waals surface area contributed by atoms with E-state index in [2.05, 4.69) is 12.1 Å². The van der Waals surface area contributed by atoms with Crippen LogP contribution in [0.1, 0.15) is 84.0 Å². The molecule has 0 spiro atoms. The third kappa shape index (κ3) is 4.70. The van der Waals surface area contributed by atoms with Crippen LogP contribution in [0.25, 0.3) is 0 Å². The molecule has 0 radical (unpaired) electrons. The van der Waals surface area contributed by atoms with E-state index < -0.39 is 11.9 Å². The fourth-order valence-electron chi connectivity index (χ4n) is 3.23. The zero-order valence-corrected chi connectivity index (χ0v) is 13.7. The number of unbranched alkanes of at least 4 members (excludes halogenated alkanes) is 1. The van der Waals surface area contributed by atoms with Gasteiger partial charge in [-0.15, -0.1) is 0 Å². The van der Waals surface area contributed by atoms with Gasteiger partial charge in [0.25, 0.3) is 6.29 Å². The largest absolute Gasteiger partial charge is 0.452 e. The second-order valence-electron chi connectivity index (χ2n) is 6.56. The average molecular weight is 311 g/mol. The molecule has 0 amide bonds. The summed E-state index contributed by atoms with van der Waals surface area (Å²) in [5.74, 6) is -0.223. The van der Waals surface area contributed by atoms with Gasteiger partial charge in [0.2, 0.25) is 0 Å². The lowest BCUT2D eigenvalue weighted by Gasteiger charge is -2.38. The second kappa shape index (κ2) is 8.51. The second-order valence-corrected chi connectivity index (χ2v) is 6.56. The molecule has 1 fully saturated rings. The molecular formula is C17H29NO4. The van der Waals surface area contributed by atoms with Crippen LogP contribution < -0.4 is 0 Å². The first-order chi connectivity index (χ1) is 10.7. The Hall–Kier alpha value is -1.10. The van der Waals surface area contributed by atoms with Crippen molar-refractivity contribution in [3.63, 3.8) is 0 Å². The third-order valence-electron chi connectivity index (χ3n) is 4.60. The Balaban J connectivity index is 2.14. The highest BCUT2D eigenvalue weighted by molar-refractivity contribution is 5.86. The van der Waals surface area contributed by atoms with Crippen LogP contribution in [0.15, 0.2) is 5.16 Å². The first kappa shape index (κ1) is 17.3. The van der Waals surface area contributed by atoms with Crippen LogP contribution in [0.2, 0.25) is 0 Å². The quantitative estimate of drug-likeness (QED) is 0.807. The Labute approximate surface area is 133 Å². The normalized spacial score (nSPS) is 30.9. The molecule has 5 nitrogen and oxygen atoms in total. The van der Waals surface area contributed by atoms with E-state index in [1.165, 1.54) is 19.3 Å². The van der Waals surface area contributed by atoms with Gasteiger partial charge in [-0.25, -0.2) is 0 Å². The van der Waals surface area contributed by atoms with Crippen LogP contribution in [0.5, 0.6) is 0 Å². The summed E-state index contributed by atoms with van der Waals surface area (Å²) in [7, 11) is 0. The van der Waals surface area contributed by atoms with Gasteiger partial charge in [0, 0.05) is 12.8 Å². The fourth-order valence-corrected chi connectivity index (χ4v) is 3.23. The zero-order chi connectivity index (χ0) is 15.8. The van der Waals surface area contributed by atoms with Gasteiger partial charge >= 0.3 is 5.97 Å². The molecule has 5 heteroatoms. The van der Waals surface area contributed by atoms with Crippen molar-refractivity contribution < 1.29 is 19.5 Å². The van der Waals surface area contributed by atoms with E-state index in [1.54, 1.807) is 0 Å². The number of esters is 1. The minimum Gasteiger partial charge on any atom is -0.452 e. The number of hydrogen-bond donors (Lipinski definition) is 1. The number of carbonyl (C=O) groups is 1. The number of rotatable bonds is 3. The number of hydrogen-bond acceptors (Lipinski definition) is 5. The van der Waals surface area contributed by atoms with Crippen molar-refractivity contribution in [1.82, 2.24) is 0 Å². The van der Waals surface area contributed by atoms with Crippen molar-refractivity contribution in [2.45, 2.75) is 95.9 Å². The molecule has 22 heavy (non-hydrogen) atoms. The van der Waals surface area contributed by atoms with Gasteiger partial charge in [-0.1, -0.05) is 44.2 Å². The first-order valence-electron chi connectivity index (χ1n) is 8.78. The molecule has 0 unspecified atom stereocenters. The summed E-state index contributed by atoms with van der Waals surface area (Å²) >= 11 is 0. The molecule has 0 aromatic carbocycles. The van der Waals surface area contributed by atoms with Crippen LogP contribution in [0.3, 0.4) is 0 Å². The summed E-state index contributed by atoms with van der Waals surface area (Å²) in [4.78, 5) is 17.4. The number of oxime groups is 1. The van der Waals surface area contributed by atoms with Gasteiger partial charge in [0.1, 0.15) is 0 Å². The van der Waals surface area contributed by atoms with Gasteiger partial charge in [-0.3, -0.25) is 4.79 Å². The van der Waals surface area contributed by atoms with Gasteiger partial charge in [0.15, 0.2) is 5.60 Å². The molecule has 0 aliphatic carbocycles. The Morgan fingerprint density at radius 1 is 1.18 bits per heavy atom. The van der Waals surface area contributed by atoms with Gasteiger partial charge in [0.05, 0.1) is 5.71 Å². The van der Waals surface area contributed by atoms with E-state index in [9.17, 15) is 9.90 Å². The van der Waals surface area contributed by atoms with Crippen LogP contribution in [-0.2, 0) is 14.4 Å². The maximum absolute atomic E-state index is 12.2. The van der Waals surface area contributed by atoms with Crippen molar-refractivity contribution in [3.8, 4) is 0 Å². The highest BCUT2D eigenvalue weighted by Gasteiger charge is 2.46. The molecule has 2 aliphatic heterocycles. The van der Waals surface area contributed by atoms with Gasteiger partial charge < -0.3 is 14.7 Å². The summed E-state index contributed by atoms with van der Waals surface area (Å²) in [6, 6.07) is 0. The Morgan fingerprint density at radius 3 is 2.59 bits per heavy atom. The zero-order valence-electron chi connectivity index (χ0n) is 13.7. The molecule has 0 aromatic heterocycles. The minimum absolute atomic E-state index is 0.223.